The van der Waals surface area contributed by atoms with Gasteiger partial charge in [0.1, 0.15) is 5.82 Å². The van der Waals surface area contributed by atoms with Gasteiger partial charge in [0.2, 0.25) is 10.0 Å². The van der Waals surface area contributed by atoms with Crippen LogP contribution in [0.15, 0.2) is 29.2 Å². The number of piperidine rings is 1. The fraction of sp³-hybridized carbons (Fsp3) is 0.500. The van der Waals surface area contributed by atoms with Gasteiger partial charge in [-0.3, -0.25) is 0 Å². The van der Waals surface area contributed by atoms with E-state index in [9.17, 15) is 12.8 Å². The molecular weight excluding hydrogens is 291 g/mol. The molecule has 1 saturated heterocycles. The summed E-state index contributed by atoms with van der Waals surface area (Å²) in [5.74, 6) is -0.431. The molecule has 0 amide bonds. The number of rotatable bonds is 2. The number of benzene rings is 1. The molecule has 0 saturated carbocycles. The van der Waals surface area contributed by atoms with Crippen LogP contribution >= 0.6 is 12.4 Å². The Labute approximate surface area is 119 Å². The van der Waals surface area contributed by atoms with Crippen LogP contribution in [0.3, 0.4) is 0 Å². The number of nitrogens with zero attached hydrogens (tertiary/aromatic N) is 1. The minimum atomic E-state index is -3.60. The van der Waals surface area contributed by atoms with Crippen molar-refractivity contribution in [3.63, 3.8) is 0 Å². The van der Waals surface area contributed by atoms with E-state index in [1.807, 2.05) is 6.92 Å². The van der Waals surface area contributed by atoms with Crippen molar-refractivity contribution < 1.29 is 12.8 Å². The summed E-state index contributed by atoms with van der Waals surface area (Å²) >= 11 is 0. The highest BCUT2D eigenvalue weighted by Gasteiger charge is 2.32. The fourth-order valence-corrected chi connectivity index (χ4v) is 3.71. The minimum absolute atomic E-state index is 0. The van der Waals surface area contributed by atoms with Crippen LogP contribution in [0.1, 0.15) is 13.3 Å². The topological polar surface area (TPSA) is 63.4 Å². The number of hydrogen-bond acceptors (Lipinski definition) is 3. The Morgan fingerprint density at radius 2 is 2.11 bits per heavy atom. The monoisotopic (exact) mass is 308 g/mol. The van der Waals surface area contributed by atoms with Crippen molar-refractivity contribution >= 4 is 22.4 Å². The zero-order chi connectivity index (χ0) is 13.3. The van der Waals surface area contributed by atoms with E-state index in [0.29, 0.717) is 19.5 Å². The first-order chi connectivity index (χ1) is 8.41. The van der Waals surface area contributed by atoms with Gasteiger partial charge in [-0.25, -0.2) is 12.8 Å². The van der Waals surface area contributed by atoms with E-state index >= 15 is 0 Å². The first-order valence-corrected chi connectivity index (χ1v) is 7.36. The van der Waals surface area contributed by atoms with Crippen molar-refractivity contribution in [1.29, 1.82) is 0 Å². The third kappa shape index (κ3) is 3.45. The molecule has 4 nitrogen and oxygen atoms in total. The minimum Gasteiger partial charge on any atom is -0.327 e. The summed E-state index contributed by atoms with van der Waals surface area (Å²) in [6, 6.07) is 5.13. The first-order valence-electron chi connectivity index (χ1n) is 5.92. The number of nitrogens with two attached hydrogens (primary N) is 1. The average molecular weight is 309 g/mol. The lowest BCUT2D eigenvalue weighted by atomic mass is 9.96. The van der Waals surface area contributed by atoms with E-state index in [0.717, 1.165) is 6.07 Å². The van der Waals surface area contributed by atoms with Gasteiger partial charge in [0.15, 0.2) is 0 Å². The second-order valence-electron chi connectivity index (χ2n) is 4.75. The van der Waals surface area contributed by atoms with Crippen LogP contribution in [0.2, 0.25) is 0 Å². The lowest BCUT2D eigenvalue weighted by Gasteiger charge is -2.34. The lowest BCUT2D eigenvalue weighted by molar-refractivity contribution is 0.250. The molecule has 1 aliphatic rings. The van der Waals surface area contributed by atoms with Crippen molar-refractivity contribution in [2.45, 2.75) is 24.3 Å². The summed E-state index contributed by atoms with van der Waals surface area (Å²) in [6.07, 6.45) is 0.635. The number of halogens is 2. The lowest BCUT2D eigenvalue weighted by Crippen LogP contribution is -2.48. The normalized spacial score (nSPS) is 24.8. The van der Waals surface area contributed by atoms with Crippen LogP contribution < -0.4 is 5.73 Å². The Bertz CT molecular complexity index is 538. The Morgan fingerprint density at radius 1 is 1.42 bits per heavy atom. The highest BCUT2D eigenvalue weighted by atomic mass is 35.5. The van der Waals surface area contributed by atoms with E-state index < -0.39 is 15.8 Å². The maximum atomic E-state index is 13.1. The van der Waals surface area contributed by atoms with Crippen molar-refractivity contribution in [2.24, 2.45) is 11.7 Å². The molecule has 1 aromatic carbocycles. The summed E-state index contributed by atoms with van der Waals surface area (Å²) in [5.41, 5.74) is 5.87. The standard InChI is InChI=1S/C12H17FN2O2S.ClH/c1-9-8-15(6-5-12(9)14)18(16,17)11-4-2-3-10(13)7-11;/h2-4,7,9,12H,5-6,8,14H2,1H3;1H. The molecule has 7 heteroatoms. The molecule has 1 aromatic rings. The predicted molar refractivity (Wildman–Crippen MR) is 74.2 cm³/mol. The molecule has 1 aliphatic heterocycles. The predicted octanol–water partition coefficient (Wildman–Crippen LogP) is 1.61. The summed E-state index contributed by atoms with van der Waals surface area (Å²) in [7, 11) is -3.60. The molecule has 2 N–H and O–H groups in total. The zero-order valence-corrected chi connectivity index (χ0v) is 12.3. The second-order valence-corrected chi connectivity index (χ2v) is 6.69. The van der Waals surface area contributed by atoms with Crippen molar-refractivity contribution in [1.82, 2.24) is 4.31 Å². The number of hydrogen-bond donors (Lipinski definition) is 1. The SMILES string of the molecule is CC1CN(S(=O)(=O)c2cccc(F)c2)CCC1N.Cl. The molecule has 0 aliphatic carbocycles. The van der Waals surface area contributed by atoms with Crippen LogP contribution in [-0.4, -0.2) is 31.9 Å². The molecule has 1 heterocycles. The highest BCUT2D eigenvalue weighted by molar-refractivity contribution is 7.89. The van der Waals surface area contributed by atoms with Gasteiger partial charge in [-0.1, -0.05) is 13.0 Å². The molecule has 1 fully saturated rings. The molecule has 2 atom stereocenters. The molecule has 0 bridgehead atoms. The fourth-order valence-electron chi connectivity index (χ4n) is 2.12. The van der Waals surface area contributed by atoms with E-state index in [-0.39, 0.29) is 29.3 Å². The van der Waals surface area contributed by atoms with Crippen LogP contribution in [0.4, 0.5) is 4.39 Å². The van der Waals surface area contributed by atoms with Gasteiger partial charge < -0.3 is 5.73 Å². The molecule has 0 aromatic heterocycles. The Hall–Kier alpha value is -0.690. The van der Waals surface area contributed by atoms with Crippen LogP contribution in [0.25, 0.3) is 0 Å². The summed E-state index contributed by atoms with van der Waals surface area (Å²) in [5, 5.41) is 0. The number of sulfonamides is 1. The van der Waals surface area contributed by atoms with Crippen molar-refractivity contribution in [2.75, 3.05) is 13.1 Å². The van der Waals surface area contributed by atoms with E-state index in [4.69, 9.17) is 5.73 Å². The van der Waals surface area contributed by atoms with Gasteiger partial charge in [-0.05, 0) is 30.5 Å². The third-order valence-corrected chi connectivity index (χ3v) is 5.23. The van der Waals surface area contributed by atoms with Crippen molar-refractivity contribution in [3.05, 3.63) is 30.1 Å². The molecular formula is C12H18ClFN2O2S. The first kappa shape index (κ1) is 16.4. The van der Waals surface area contributed by atoms with Gasteiger partial charge >= 0.3 is 0 Å². The van der Waals surface area contributed by atoms with Crippen LogP contribution in [0, 0.1) is 11.7 Å². The van der Waals surface area contributed by atoms with E-state index in [1.54, 1.807) is 0 Å². The molecule has 2 unspecified atom stereocenters. The van der Waals surface area contributed by atoms with Crippen molar-refractivity contribution in [3.8, 4) is 0 Å². The maximum absolute atomic E-state index is 13.1. The molecule has 19 heavy (non-hydrogen) atoms. The quantitative estimate of drug-likeness (QED) is 0.902. The summed E-state index contributed by atoms with van der Waals surface area (Å²) in [6.45, 7) is 2.71. The van der Waals surface area contributed by atoms with Gasteiger partial charge in [-0.2, -0.15) is 4.31 Å². The zero-order valence-electron chi connectivity index (χ0n) is 10.6. The van der Waals surface area contributed by atoms with Crippen LogP contribution in [-0.2, 0) is 10.0 Å². The Balaban J connectivity index is 0.00000180. The molecule has 2 rings (SSSR count). The summed E-state index contributed by atoms with van der Waals surface area (Å²) < 4.78 is 39.1. The smallest absolute Gasteiger partial charge is 0.243 e. The van der Waals surface area contributed by atoms with E-state index in [1.165, 1.54) is 22.5 Å². The van der Waals surface area contributed by atoms with Gasteiger partial charge in [0.05, 0.1) is 4.90 Å². The van der Waals surface area contributed by atoms with Gasteiger partial charge in [-0.15, -0.1) is 12.4 Å². The molecule has 0 radical (unpaired) electrons. The largest absolute Gasteiger partial charge is 0.327 e. The van der Waals surface area contributed by atoms with Crippen LogP contribution in [0.5, 0.6) is 0 Å². The third-order valence-electron chi connectivity index (χ3n) is 3.37. The van der Waals surface area contributed by atoms with E-state index in [2.05, 4.69) is 0 Å². The average Bonchev–Trinajstić information content (AvgIpc) is 2.32. The highest BCUT2D eigenvalue weighted by Crippen LogP contribution is 2.23. The Kier molecular flexibility index (Phi) is 5.32. The van der Waals surface area contributed by atoms with Gasteiger partial charge in [0, 0.05) is 19.1 Å². The molecule has 0 spiro atoms. The Morgan fingerprint density at radius 3 is 2.68 bits per heavy atom. The second kappa shape index (κ2) is 6.17. The summed E-state index contributed by atoms with van der Waals surface area (Å²) in [4.78, 5) is 0.00479. The maximum Gasteiger partial charge on any atom is 0.243 e. The van der Waals surface area contributed by atoms with Gasteiger partial charge in [0.25, 0.3) is 0 Å². The molecule has 108 valence electrons.